The molecule has 3 nitrogen and oxygen atoms in total. The molecular formula is C5H11K2NO2. The molecule has 10 heavy (non-hydrogen) atoms. The maximum Gasteiger partial charge on any atom is 1.00 e. The Morgan fingerprint density at radius 1 is 1.00 bits per heavy atom. The monoisotopic (exact) mass is 195 g/mol. The maximum atomic E-state index is 9.87. The largest absolute Gasteiger partial charge is 1.00 e. The molecule has 0 saturated carbocycles. The van der Waals surface area contributed by atoms with E-state index in [0.717, 1.165) is 0 Å². The zero-order valence-electron chi connectivity index (χ0n) is 7.09. The van der Waals surface area contributed by atoms with E-state index in [-0.39, 0.29) is 116 Å². The van der Waals surface area contributed by atoms with Crippen LogP contribution in [-0.4, -0.2) is 38.3 Å². The molecule has 0 aliphatic heterocycles. The van der Waals surface area contributed by atoms with Crippen molar-refractivity contribution in [3.8, 4) is 0 Å². The molecule has 0 saturated heterocycles. The van der Waals surface area contributed by atoms with Gasteiger partial charge < -0.3 is 15.1 Å². The maximum absolute atomic E-state index is 9.87. The molecule has 0 heterocycles. The summed E-state index contributed by atoms with van der Waals surface area (Å²) < 4.78 is 0. The quantitative estimate of drug-likeness (QED) is 0.419. The molecule has 0 atom stereocenters. The third-order valence-corrected chi connectivity index (χ3v) is 0.946. The van der Waals surface area contributed by atoms with E-state index < -0.39 is 0 Å². The van der Waals surface area contributed by atoms with Gasteiger partial charge in [0.25, 0.3) is 0 Å². The predicted octanol–water partition coefficient (Wildman–Crippen LogP) is -8.35. The third-order valence-electron chi connectivity index (χ3n) is 0.946. The molecule has 0 aliphatic carbocycles. The number of hydrogen-bond acceptors (Lipinski definition) is 3. The molecule has 0 fully saturated rings. The molecule has 0 N–H and O–H groups in total. The Morgan fingerprint density at radius 2 is 1.30 bits per heavy atom. The normalized spacial score (nSPS) is 8.40. The molecule has 50 valence electrons. The SMILES string of the molecule is CN(CC[O-])CC[O-].[K+].[K+]. The van der Waals surface area contributed by atoms with Gasteiger partial charge in [0.1, 0.15) is 0 Å². The molecule has 0 rings (SSSR count). The van der Waals surface area contributed by atoms with Gasteiger partial charge in [0, 0.05) is 0 Å². The predicted molar refractivity (Wildman–Crippen MR) is 27.2 cm³/mol. The first-order valence-corrected chi connectivity index (χ1v) is 2.66. The summed E-state index contributed by atoms with van der Waals surface area (Å²) >= 11 is 0. The Kier molecular flexibility index (Phi) is 27.6. The van der Waals surface area contributed by atoms with Crippen molar-refractivity contribution in [3.05, 3.63) is 0 Å². The van der Waals surface area contributed by atoms with Crippen LogP contribution in [0.5, 0.6) is 0 Å². The fourth-order valence-corrected chi connectivity index (χ4v) is 0.423. The molecule has 0 unspecified atom stereocenters. The van der Waals surface area contributed by atoms with Crippen molar-refractivity contribution in [1.29, 1.82) is 0 Å². The average Bonchev–Trinajstić information content (AvgIpc) is 1.68. The molecular weight excluding hydrogens is 184 g/mol. The Morgan fingerprint density at radius 3 is 1.50 bits per heavy atom. The van der Waals surface area contributed by atoms with E-state index in [4.69, 9.17) is 0 Å². The van der Waals surface area contributed by atoms with E-state index in [2.05, 4.69) is 0 Å². The second-order valence-electron chi connectivity index (χ2n) is 1.71. The van der Waals surface area contributed by atoms with Crippen LogP contribution in [0.25, 0.3) is 0 Å². The van der Waals surface area contributed by atoms with Gasteiger partial charge in [-0.15, -0.1) is 13.2 Å². The van der Waals surface area contributed by atoms with Crippen LogP contribution in [0.3, 0.4) is 0 Å². The van der Waals surface area contributed by atoms with Crippen molar-refractivity contribution in [1.82, 2.24) is 4.90 Å². The van der Waals surface area contributed by atoms with Crippen molar-refractivity contribution in [2.75, 3.05) is 33.4 Å². The van der Waals surface area contributed by atoms with Crippen LogP contribution in [0.2, 0.25) is 0 Å². The van der Waals surface area contributed by atoms with Gasteiger partial charge in [-0.3, -0.25) is 0 Å². The first kappa shape index (κ1) is 18.8. The molecule has 0 aliphatic rings. The number of nitrogens with zero attached hydrogens (tertiary/aromatic N) is 1. The van der Waals surface area contributed by atoms with E-state index in [0.29, 0.717) is 13.1 Å². The minimum atomic E-state index is -0.115. The molecule has 0 spiro atoms. The van der Waals surface area contributed by atoms with E-state index in [1.807, 2.05) is 0 Å². The number of likely N-dealkylation sites (N-methyl/N-ethyl adjacent to an activating group) is 1. The van der Waals surface area contributed by atoms with Gasteiger partial charge in [-0.05, 0) is 20.1 Å². The van der Waals surface area contributed by atoms with Gasteiger partial charge in [-0.1, -0.05) is 0 Å². The van der Waals surface area contributed by atoms with Crippen LogP contribution in [-0.2, 0) is 0 Å². The second kappa shape index (κ2) is 14.7. The van der Waals surface area contributed by atoms with Crippen LogP contribution >= 0.6 is 0 Å². The van der Waals surface area contributed by atoms with Gasteiger partial charge in [0.05, 0.1) is 0 Å². The summed E-state index contributed by atoms with van der Waals surface area (Å²) in [7, 11) is 1.77. The first-order valence-electron chi connectivity index (χ1n) is 2.66. The van der Waals surface area contributed by atoms with Gasteiger partial charge in [-0.2, -0.15) is 0 Å². The molecule has 0 aromatic rings. The smallest absolute Gasteiger partial charge is 0.854 e. The fraction of sp³-hybridized carbons (Fsp3) is 1.00. The standard InChI is InChI=1S/C5H11NO2.2K/c1-6(2-4-7)3-5-8;;/h2-5H2,1H3;;/q-2;2*+1. The van der Waals surface area contributed by atoms with Crippen molar-refractivity contribution >= 4 is 0 Å². The van der Waals surface area contributed by atoms with E-state index in [1.165, 1.54) is 0 Å². The number of rotatable bonds is 4. The van der Waals surface area contributed by atoms with Crippen LogP contribution in [0.1, 0.15) is 0 Å². The van der Waals surface area contributed by atoms with Crippen molar-refractivity contribution in [3.63, 3.8) is 0 Å². The first-order chi connectivity index (χ1) is 3.81. The Bertz CT molecular complexity index is 50.9. The summed E-state index contributed by atoms with van der Waals surface area (Å²) in [6.45, 7) is 0.747. The summed E-state index contributed by atoms with van der Waals surface area (Å²) in [5.74, 6) is 0. The summed E-state index contributed by atoms with van der Waals surface area (Å²) in [6, 6.07) is 0. The third kappa shape index (κ3) is 13.7. The minimum absolute atomic E-state index is 0. The zero-order chi connectivity index (χ0) is 6.41. The topological polar surface area (TPSA) is 49.4 Å². The van der Waals surface area contributed by atoms with Gasteiger partial charge in [0.2, 0.25) is 0 Å². The second-order valence-corrected chi connectivity index (χ2v) is 1.71. The molecule has 0 radical (unpaired) electrons. The molecule has 0 aromatic heterocycles. The number of hydrogen-bond donors (Lipinski definition) is 0. The van der Waals surface area contributed by atoms with E-state index in [9.17, 15) is 10.2 Å². The van der Waals surface area contributed by atoms with Crippen LogP contribution < -0.4 is 113 Å². The summed E-state index contributed by atoms with van der Waals surface area (Å²) in [4.78, 5) is 1.74. The Balaban J connectivity index is -0.000000245. The van der Waals surface area contributed by atoms with Gasteiger partial charge in [-0.25, -0.2) is 0 Å². The Hall–Kier alpha value is 3.15. The zero-order valence-corrected chi connectivity index (χ0v) is 13.3. The molecule has 0 aromatic carbocycles. The van der Waals surface area contributed by atoms with Crippen molar-refractivity contribution < 1.29 is 113 Å². The molecule has 0 amide bonds. The molecule has 5 heteroatoms. The van der Waals surface area contributed by atoms with E-state index in [1.54, 1.807) is 11.9 Å². The van der Waals surface area contributed by atoms with Crippen LogP contribution in [0, 0.1) is 0 Å². The molecule has 0 bridgehead atoms. The van der Waals surface area contributed by atoms with Crippen LogP contribution in [0.15, 0.2) is 0 Å². The van der Waals surface area contributed by atoms with Gasteiger partial charge >= 0.3 is 103 Å². The average molecular weight is 195 g/mol. The minimum Gasteiger partial charge on any atom is -0.854 e. The summed E-state index contributed by atoms with van der Waals surface area (Å²) in [5, 5.41) is 19.7. The fourth-order valence-electron chi connectivity index (χ4n) is 0.423. The van der Waals surface area contributed by atoms with Crippen LogP contribution in [0.4, 0.5) is 0 Å². The summed E-state index contributed by atoms with van der Waals surface area (Å²) in [6.07, 6.45) is 0. The summed E-state index contributed by atoms with van der Waals surface area (Å²) in [5.41, 5.74) is 0. The van der Waals surface area contributed by atoms with E-state index >= 15 is 0 Å². The van der Waals surface area contributed by atoms with Gasteiger partial charge in [0.15, 0.2) is 0 Å². The Labute approximate surface area is 147 Å². The van der Waals surface area contributed by atoms with Crippen molar-refractivity contribution in [2.24, 2.45) is 0 Å². The van der Waals surface area contributed by atoms with Crippen molar-refractivity contribution in [2.45, 2.75) is 0 Å².